The Morgan fingerprint density at radius 1 is 1.44 bits per heavy atom. The number of rotatable bonds is 6. The number of para-hydroxylation sites is 1. The van der Waals surface area contributed by atoms with Gasteiger partial charge in [-0.15, -0.1) is 0 Å². The summed E-state index contributed by atoms with van der Waals surface area (Å²) in [5.74, 6) is -0.260. The lowest BCUT2D eigenvalue weighted by Crippen LogP contribution is -2.16. The average molecular weight is 224 g/mol. The van der Waals surface area contributed by atoms with E-state index < -0.39 is 5.97 Å². The van der Waals surface area contributed by atoms with E-state index in [1.165, 1.54) is 0 Å². The maximum Gasteiger partial charge on any atom is 0.307 e. The Kier molecular flexibility index (Phi) is 4.79. The predicted molar refractivity (Wildman–Crippen MR) is 59.7 cm³/mol. The summed E-state index contributed by atoms with van der Waals surface area (Å²) in [5, 5.41) is 8.73. The van der Waals surface area contributed by atoms with Crippen molar-refractivity contribution in [2.45, 2.75) is 19.4 Å². The van der Waals surface area contributed by atoms with Crippen molar-refractivity contribution in [2.24, 2.45) is 0 Å². The summed E-state index contributed by atoms with van der Waals surface area (Å²) in [4.78, 5) is 10.6. The number of hydrogen-bond acceptors (Lipinski definition) is 3. The monoisotopic (exact) mass is 224 g/mol. The Morgan fingerprint density at radius 3 is 2.75 bits per heavy atom. The molecule has 1 unspecified atom stereocenters. The van der Waals surface area contributed by atoms with Gasteiger partial charge in [0.05, 0.1) is 12.5 Å². The molecule has 0 saturated carbocycles. The van der Waals surface area contributed by atoms with E-state index in [9.17, 15) is 4.79 Å². The van der Waals surface area contributed by atoms with Crippen LogP contribution in [0.25, 0.3) is 0 Å². The van der Waals surface area contributed by atoms with E-state index >= 15 is 0 Å². The molecule has 1 aromatic rings. The van der Waals surface area contributed by atoms with Crippen LogP contribution in [0.4, 0.5) is 0 Å². The molecule has 0 bridgehead atoms. The third kappa shape index (κ3) is 3.90. The first-order valence-electron chi connectivity index (χ1n) is 5.08. The van der Waals surface area contributed by atoms with Crippen LogP contribution in [0.5, 0.6) is 5.75 Å². The zero-order valence-corrected chi connectivity index (χ0v) is 9.47. The largest absolute Gasteiger partial charge is 0.491 e. The second-order valence-corrected chi connectivity index (χ2v) is 3.54. The van der Waals surface area contributed by atoms with Crippen molar-refractivity contribution in [1.82, 2.24) is 0 Å². The van der Waals surface area contributed by atoms with E-state index in [1.54, 1.807) is 25.3 Å². The lowest BCUT2D eigenvalue weighted by Gasteiger charge is -2.13. The molecule has 4 nitrogen and oxygen atoms in total. The number of methoxy groups -OCH3 is 1. The molecular formula is C12H16O4. The second-order valence-electron chi connectivity index (χ2n) is 3.54. The van der Waals surface area contributed by atoms with Crippen molar-refractivity contribution >= 4 is 5.97 Å². The van der Waals surface area contributed by atoms with Crippen LogP contribution in [0.3, 0.4) is 0 Å². The zero-order chi connectivity index (χ0) is 12.0. The molecule has 0 heterocycles. The summed E-state index contributed by atoms with van der Waals surface area (Å²) in [7, 11) is 1.61. The lowest BCUT2D eigenvalue weighted by atomic mass is 10.1. The number of carboxylic acid groups (broad SMARTS) is 1. The summed E-state index contributed by atoms with van der Waals surface area (Å²) in [6, 6.07) is 7.13. The number of carboxylic acids is 1. The number of ether oxygens (including phenoxy) is 2. The highest BCUT2D eigenvalue weighted by molar-refractivity contribution is 5.71. The predicted octanol–water partition coefficient (Wildman–Crippen LogP) is 1.73. The van der Waals surface area contributed by atoms with Gasteiger partial charge >= 0.3 is 5.97 Å². The molecule has 16 heavy (non-hydrogen) atoms. The van der Waals surface area contributed by atoms with Crippen molar-refractivity contribution in [3.05, 3.63) is 29.8 Å². The van der Waals surface area contributed by atoms with Crippen molar-refractivity contribution in [3.8, 4) is 5.75 Å². The number of benzene rings is 1. The minimum Gasteiger partial charge on any atom is -0.491 e. The molecule has 88 valence electrons. The zero-order valence-electron chi connectivity index (χ0n) is 9.47. The van der Waals surface area contributed by atoms with E-state index in [-0.39, 0.29) is 12.5 Å². The van der Waals surface area contributed by atoms with Crippen molar-refractivity contribution < 1.29 is 19.4 Å². The first kappa shape index (κ1) is 12.5. The molecular weight excluding hydrogens is 208 g/mol. The van der Waals surface area contributed by atoms with Crippen LogP contribution in [-0.4, -0.2) is 30.9 Å². The molecule has 4 heteroatoms. The summed E-state index contributed by atoms with van der Waals surface area (Å²) in [6.45, 7) is 2.30. The van der Waals surface area contributed by atoms with E-state index in [0.29, 0.717) is 17.9 Å². The molecule has 0 aliphatic carbocycles. The van der Waals surface area contributed by atoms with Crippen LogP contribution in [0.1, 0.15) is 12.5 Å². The molecule has 1 aromatic carbocycles. The Balaban J connectivity index is 2.67. The molecule has 0 radical (unpaired) electrons. The molecule has 0 aromatic heterocycles. The van der Waals surface area contributed by atoms with Crippen LogP contribution >= 0.6 is 0 Å². The fourth-order valence-electron chi connectivity index (χ4n) is 1.23. The normalized spacial score (nSPS) is 12.1. The average Bonchev–Trinajstić information content (AvgIpc) is 2.26. The van der Waals surface area contributed by atoms with Gasteiger partial charge in [-0.1, -0.05) is 18.2 Å². The van der Waals surface area contributed by atoms with Gasteiger partial charge in [0.25, 0.3) is 0 Å². The second kappa shape index (κ2) is 6.12. The first-order valence-corrected chi connectivity index (χ1v) is 5.08. The fourth-order valence-corrected chi connectivity index (χ4v) is 1.23. The van der Waals surface area contributed by atoms with Gasteiger partial charge in [0, 0.05) is 12.7 Å². The van der Waals surface area contributed by atoms with Gasteiger partial charge < -0.3 is 14.6 Å². The standard InChI is InChI=1S/C12H16O4/c1-9(15-2)8-16-11-6-4-3-5-10(11)7-12(13)14/h3-6,9H,7-8H2,1-2H3,(H,13,14). The highest BCUT2D eigenvalue weighted by atomic mass is 16.5. The van der Waals surface area contributed by atoms with E-state index in [1.807, 2.05) is 13.0 Å². The number of hydrogen-bond donors (Lipinski definition) is 1. The van der Waals surface area contributed by atoms with Crippen molar-refractivity contribution in [1.29, 1.82) is 0 Å². The van der Waals surface area contributed by atoms with Gasteiger partial charge in [-0.2, -0.15) is 0 Å². The van der Waals surface area contributed by atoms with Gasteiger partial charge in [-0.05, 0) is 13.0 Å². The van der Waals surface area contributed by atoms with Crippen LogP contribution < -0.4 is 4.74 Å². The SMILES string of the molecule is COC(C)COc1ccccc1CC(=O)O. The third-order valence-electron chi connectivity index (χ3n) is 2.19. The lowest BCUT2D eigenvalue weighted by molar-refractivity contribution is -0.136. The van der Waals surface area contributed by atoms with Crippen LogP contribution in [0, 0.1) is 0 Å². The Morgan fingerprint density at radius 2 is 2.12 bits per heavy atom. The minimum atomic E-state index is -0.865. The molecule has 1 N–H and O–H groups in total. The van der Waals surface area contributed by atoms with Gasteiger partial charge in [0.15, 0.2) is 0 Å². The molecule has 0 amide bonds. The summed E-state index contributed by atoms with van der Waals surface area (Å²) < 4.78 is 10.6. The summed E-state index contributed by atoms with van der Waals surface area (Å²) >= 11 is 0. The van der Waals surface area contributed by atoms with Gasteiger partial charge in [-0.25, -0.2) is 0 Å². The quantitative estimate of drug-likeness (QED) is 0.799. The highest BCUT2D eigenvalue weighted by Gasteiger charge is 2.08. The van der Waals surface area contributed by atoms with E-state index in [2.05, 4.69) is 0 Å². The maximum atomic E-state index is 10.6. The molecule has 0 aliphatic heterocycles. The smallest absolute Gasteiger partial charge is 0.307 e. The van der Waals surface area contributed by atoms with E-state index in [4.69, 9.17) is 14.6 Å². The highest BCUT2D eigenvalue weighted by Crippen LogP contribution is 2.18. The molecule has 0 fully saturated rings. The minimum absolute atomic E-state index is 0.0158. The molecule has 1 rings (SSSR count). The molecule has 0 aliphatic rings. The van der Waals surface area contributed by atoms with Gasteiger partial charge in [0.2, 0.25) is 0 Å². The Bertz CT molecular complexity index is 349. The molecule has 1 atom stereocenters. The number of aliphatic carboxylic acids is 1. The van der Waals surface area contributed by atoms with Gasteiger partial charge in [-0.3, -0.25) is 4.79 Å². The van der Waals surface area contributed by atoms with Crippen LogP contribution in [-0.2, 0) is 16.0 Å². The fraction of sp³-hybridized carbons (Fsp3) is 0.417. The Hall–Kier alpha value is -1.55. The first-order chi connectivity index (χ1) is 7.63. The van der Waals surface area contributed by atoms with Crippen molar-refractivity contribution in [3.63, 3.8) is 0 Å². The topological polar surface area (TPSA) is 55.8 Å². The van der Waals surface area contributed by atoms with Gasteiger partial charge in [0.1, 0.15) is 12.4 Å². The van der Waals surface area contributed by atoms with E-state index in [0.717, 1.165) is 0 Å². The molecule has 0 spiro atoms. The Labute approximate surface area is 94.8 Å². The summed E-state index contributed by atoms with van der Waals surface area (Å²) in [6.07, 6.45) is -0.0461. The van der Waals surface area contributed by atoms with Crippen molar-refractivity contribution in [2.75, 3.05) is 13.7 Å². The third-order valence-corrected chi connectivity index (χ3v) is 2.19. The molecule has 0 saturated heterocycles. The summed E-state index contributed by atoms with van der Waals surface area (Å²) in [5.41, 5.74) is 0.679. The van der Waals surface area contributed by atoms with Crippen LogP contribution in [0.15, 0.2) is 24.3 Å². The maximum absolute atomic E-state index is 10.6. The number of carbonyl (C=O) groups is 1. The van der Waals surface area contributed by atoms with Crippen LogP contribution in [0.2, 0.25) is 0 Å².